The van der Waals surface area contributed by atoms with Crippen LogP contribution in [-0.2, 0) is 9.53 Å². The summed E-state index contributed by atoms with van der Waals surface area (Å²) in [5, 5.41) is 11.5. The van der Waals surface area contributed by atoms with E-state index in [1.54, 1.807) is 11.3 Å². The lowest BCUT2D eigenvalue weighted by Gasteiger charge is -2.30. The van der Waals surface area contributed by atoms with E-state index in [4.69, 9.17) is 9.72 Å². The Morgan fingerprint density at radius 1 is 1.00 bits per heavy atom. The van der Waals surface area contributed by atoms with E-state index in [1.165, 1.54) is 12.5 Å². The molecule has 2 aromatic carbocycles. The Balaban J connectivity index is 1.53. The molecule has 43 heavy (non-hydrogen) atoms. The van der Waals surface area contributed by atoms with Crippen molar-refractivity contribution in [2.24, 2.45) is 0 Å². The van der Waals surface area contributed by atoms with Crippen LogP contribution in [0, 0.1) is 13.8 Å². The first-order valence-corrected chi connectivity index (χ1v) is 15.9. The van der Waals surface area contributed by atoms with Crippen LogP contribution in [0.2, 0.25) is 0 Å². The summed E-state index contributed by atoms with van der Waals surface area (Å²) in [6.07, 6.45) is 6.84. The lowest BCUT2D eigenvalue weighted by molar-refractivity contribution is -0.131. The van der Waals surface area contributed by atoms with Crippen LogP contribution in [0.1, 0.15) is 77.1 Å². The zero-order chi connectivity index (χ0) is 30.1. The number of fused-ring (bicyclic) bond motifs is 1. The number of hydrogen-bond acceptors (Lipinski definition) is 6. The maximum Gasteiger partial charge on any atom is 0.328 e. The Labute approximate surface area is 256 Å². The Kier molecular flexibility index (Phi) is 8.41. The molecule has 3 heterocycles. The summed E-state index contributed by atoms with van der Waals surface area (Å²) in [7, 11) is 0. The monoisotopic (exact) mass is 595 g/mol. The van der Waals surface area contributed by atoms with Crippen LogP contribution in [0.25, 0.3) is 38.2 Å². The highest BCUT2D eigenvalue weighted by atomic mass is 32.1. The number of thiazole rings is 1. The average molecular weight is 596 g/mol. The second kappa shape index (κ2) is 12.4. The number of carbonyl (C=O) groups is 2. The van der Waals surface area contributed by atoms with Crippen molar-refractivity contribution in [2.75, 3.05) is 26.3 Å². The van der Waals surface area contributed by atoms with Crippen molar-refractivity contribution in [2.45, 2.75) is 58.8 Å². The number of amides is 1. The molecule has 8 heteroatoms. The van der Waals surface area contributed by atoms with E-state index < -0.39 is 5.97 Å². The van der Waals surface area contributed by atoms with Crippen molar-refractivity contribution in [1.29, 1.82) is 0 Å². The van der Waals surface area contributed by atoms with Crippen LogP contribution in [0.5, 0.6) is 0 Å². The van der Waals surface area contributed by atoms with E-state index in [0.29, 0.717) is 43.4 Å². The molecule has 222 valence electrons. The smallest absolute Gasteiger partial charge is 0.328 e. The third-order valence-corrected chi connectivity index (χ3v) is 9.75. The molecule has 2 aliphatic rings. The van der Waals surface area contributed by atoms with Crippen molar-refractivity contribution in [3.8, 4) is 21.7 Å². The van der Waals surface area contributed by atoms with Gasteiger partial charge in [0, 0.05) is 30.1 Å². The average Bonchev–Trinajstić information content (AvgIpc) is 3.37. The quantitative estimate of drug-likeness (QED) is 0.230. The van der Waals surface area contributed by atoms with E-state index in [2.05, 4.69) is 41.4 Å². The number of carboxylic acids is 1. The van der Waals surface area contributed by atoms with Gasteiger partial charge < -0.3 is 14.7 Å². The predicted molar refractivity (Wildman–Crippen MR) is 172 cm³/mol. The number of morpholine rings is 1. The fourth-order valence-corrected chi connectivity index (χ4v) is 7.39. The molecule has 0 bridgehead atoms. The fraction of sp³-hybridized carbons (Fsp3) is 0.371. The number of benzene rings is 2. The van der Waals surface area contributed by atoms with Gasteiger partial charge in [-0.1, -0.05) is 37.5 Å². The predicted octanol–water partition coefficient (Wildman–Crippen LogP) is 7.65. The molecule has 0 atom stereocenters. The Morgan fingerprint density at radius 2 is 1.77 bits per heavy atom. The third kappa shape index (κ3) is 6.12. The van der Waals surface area contributed by atoms with Crippen molar-refractivity contribution in [3.05, 3.63) is 75.9 Å². The minimum absolute atomic E-state index is 0.0371. The number of ether oxygens (including phenoxy) is 1. The first-order valence-electron chi connectivity index (χ1n) is 15.1. The summed E-state index contributed by atoms with van der Waals surface area (Å²) in [5.74, 6) is -0.733. The maximum absolute atomic E-state index is 14.2. The third-order valence-electron chi connectivity index (χ3n) is 8.65. The number of allylic oxidation sites excluding steroid dienone is 1. The summed E-state index contributed by atoms with van der Waals surface area (Å²) in [6.45, 7) is 7.93. The SMILES string of the molecule is C/C(=C/C(=O)O)c1cc(C(=O)N2CCOCC2)c(-c2ccc3nc(-c4sc(C)nc4C)ccc3c2)c(C2CCCCC2)c1. The van der Waals surface area contributed by atoms with Crippen LogP contribution < -0.4 is 0 Å². The standard InChI is InChI=1S/C35H37N3O4S/c1-21(17-32(39)40)27-19-28(24-7-5-4-6-8-24)33(29(20-27)35(41)38-13-15-42-16-14-38)26-10-11-30-25(18-26)9-12-31(37-30)34-22(2)36-23(3)43-34/h9-12,17-20,24H,4-8,13-16H2,1-3H3,(H,39,40)/b21-17-. The van der Waals surface area contributed by atoms with Crippen molar-refractivity contribution >= 4 is 39.7 Å². The number of carbonyl (C=O) groups excluding carboxylic acids is 1. The normalized spacial score (nSPS) is 16.5. The number of carboxylic acid groups (broad SMARTS) is 1. The van der Waals surface area contributed by atoms with Crippen molar-refractivity contribution in [1.82, 2.24) is 14.9 Å². The number of nitrogens with zero attached hydrogens (tertiary/aromatic N) is 3. The zero-order valence-electron chi connectivity index (χ0n) is 25.0. The number of aliphatic carboxylic acids is 1. The van der Waals surface area contributed by atoms with Gasteiger partial charge in [0.2, 0.25) is 0 Å². The Hall–Kier alpha value is -3.88. The molecule has 1 aliphatic carbocycles. The van der Waals surface area contributed by atoms with Gasteiger partial charge in [-0.3, -0.25) is 4.79 Å². The zero-order valence-corrected chi connectivity index (χ0v) is 25.8. The molecule has 1 amide bonds. The first kappa shape index (κ1) is 29.2. The lowest BCUT2D eigenvalue weighted by Crippen LogP contribution is -2.41. The highest BCUT2D eigenvalue weighted by Crippen LogP contribution is 2.42. The molecule has 6 rings (SSSR count). The minimum Gasteiger partial charge on any atom is -0.478 e. The second-order valence-corrected chi connectivity index (χ2v) is 12.8. The summed E-state index contributed by atoms with van der Waals surface area (Å²) in [4.78, 5) is 38.4. The summed E-state index contributed by atoms with van der Waals surface area (Å²) < 4.78 is 5.55. The van der Waals surface area contributed by atoms with E-state index in [9.17, 15) is 14.7 Å². The molecule has 4 aromatic rings. The van der Waals surface area contributed by atoms with Gasteiger partial charge >= 0.3 is 5.97 Å². The van der Waals surface area contributed by atoms with Crippen LogP contribution >= 0.6 is 11.3 Å². The first-order chi connectivity index (χ1) is 20.8. The summed E-state index contributed by atoms with van der Waals surface area (Å²) in [5.41, 5.74) is 7.90. The largest absolute Gasteiger partial charge is 0.478 e. The van der Waals surface area contributed by atoms with Gasteiger partial charge in [-0.25, -0.2) is 14.8 Å². The summed E-state index contributed by atoms with van der Waals surface area (Å²) in [6, 6.07) is 14.5. The molecule has 7 nitrogen and oxygen atoms in total. The minimum atomic E-state index is -0.994. The van der Waals surface area contributed by atoms with Crippen molar-refractivity contribution < 1.29 is 19.4 Å². The number of aromatic nitrogens is 2. The molecule has 1 saturated heterocycles. The van der Waals surface area contributed by atoms with Crippen LogP contribution in [0.15, 0.2) is 48.5 Å². The number of aryl methyl sites for hydroxylation is 2. The molecule has 1 N–H and O–H groups in total. The van der Waals surface area contributed by atoms with Crippen molar-refractivity contribution in [3.63, 3.8) is 0 Å². The molecule has 0 unspecified atom stereocenters. The van der Waals surface area contributed by atoms with E-state index >= 15 is 0 Å². The molecule has 2 fully saturated rings. The molecule has 1 saturated carbocycles. The van der Waals surface area contributed by atoms with Gasteiger partial charge in [-0.05, 0) is 91.6 Å². The van der Waals surface area contributed by atoms with Gasteiger partial charge in [0.15, 0.2) is 0 Å². The molecular weight excluding hydrogens is 558 g/mol. The van der Waals surface area contributed by atoms with Gasteiger partial charge in [-0.15, -0.1) is 11.3 Å². The summed E-state index contributed by atoms with van der Waals surface area (Å²) >= 11 is 1.65. The Morgan fingerprint density at radius 3 is 2.47 bits per heavy atom. The topological polar surface area (TPSA) is 92.6 Å². The Bertz CT molecular complexity index is 1730. The molecule has 0 spiro atoms. The van der Waals surface area contributed by atoms with Crippen LogP contribution in [-0.4, -0.2) is 58.2 Å². The number of pyridine rings is 1. The number of rotatable bonds is 6. The fourth-order valence-electron chi connectivity index (χ4n) is 6.50. The van der Waals surface area contributed by atoms with Gasteiger partial charge in [0.05, 0.1) is 40.0 Å². The maximum atomic E-state index is 14.2. The van der Waals surface area contributed by atoms with E-state index in [1.807, 2.05) is 31.7 Å². The van der Waals surface area contributed by atoms with E-state index in [0.717, 1.165) is 80.1 Å². The lowest BCUT2D eigenvalue weighted by atomic mass is 9.78. The van der Waals surface area contributed by atoms with Gasteiger partial charge in [-0.2, -0.15) is 0 Å². The van der Waals surface area contributed by atoms with Gasteiger partial charge in [0.1, 0.15) is 0 Å². The molecular formula is C35H37N3O4S. The molecule has 2 aromatic heterocycles. The van der Waals surface area contributed by atoms with Gasteiger partial charge in [0.25, 0.3) is 5.91 Å². The second-order valence-electron chi connectivity index (χ2n) is 11.6. The number of hydrogen-bond donors (Lipinski definition) is 1. The highest BCUT2D eigenvalue weighted by molar-refractivity contribution is 7.15. The molecule has 0 radical (unpaired) electrons. The van der Waals surface area contributed by atoms with Crippen LogP contribution in [0.4, 0.5) is 0 Å². The molecule has 1 aliphatic heterocycles. The van der Waals surface area contributed by atoms with E-state index in [-0.39, 0.29) is 5.91 Å². The van der Waals surface area contributed by atoms with Crippen LogP contribution in [0.3, 0.4) is 0 Å². The highest BCUT2D eigenvalue weighted by Gasteiger charge is 2.28.